The van der Waals surface area contributed by atoms with Crippen molar-refractivity contribution >= 4 is 11.9 Å². The normalized spacial score (nSPS) is 18.0. The van der Waals surface area contributed by atoms with Crippen LogP contribution in [0.4, 0.5) is 13.6 Å². The maximum Gasteiger partial charge on any atom is 0.325 e. The molecule has 1 aromatic carbocycles. The molecule has 1 unspecified atom stereocenters. The molecule has 1 aliphatic rings. The van der Waals surface area contributed by atoms with Crippen LogP contribution in [-0.4, -0.2) is 34.0 Å². The second kappa shape index (κ2) is 7.25. The van der Waals surface area contributed by atoms with E-state index in [9.17, 15) is 23.5 Å². The van der Waals surface area contributed by atoms with Crippen molar-refractivity contribution in [2.24, 2.45) is 0 Å². The second-order valence-electron chi connectivity index (χ2n) is 6.11. The van der Waals surface area contributed by atoms with Crippen LogP contribution in [0.5, 0.6) is 0 Å². The van der Waals surface area contributed by atoms with Crippen LogP contribution in [0.25, 0.3) is 0 Å². The van der Waals surface area contributed by atoms with Crippen molar-refractivity contribution in [3.8, 4) is 0 Å². The highest BCUT2D eigenvalue weighted by atomic mass is 19.1. The quantitative estimate of drug-likeness (QED) is 0.750. The van der Waals surface area contributed by atoms with E-state index < -0.39 is 41.8 Å². The number of nitrogens with one attached hydrogen (secondary N) is 1. The fourth-order valence-electron chi connectivity index (χ4n) is 3.20. The number of hydrogen-bond donors (Lipinski definition) is 2. The Bertz CT molecular complexity index is 630. The molecule has 1 aliphatic heterocycles. The van der Waals surface area contributed by atoms with Gasteiger partial charge in [-0.2, -0.15) is 0 Å². The van der Waals surface area contributed by atoms with E-state index in [1.807, 2.05) is 13.8 Å². The predicted octanol–water partition coefficient (Wildman–Crippen LogP) is 2.89. The molecule has 0 aliphatic carbocycles. The molecule has 0 radical (unpaired) electrons. The van der Waals surface area contributed by atoms with Gasteiger partial charge in [0.15, 0.2) is 0 Å². The average molecular weight is 340 g/mol. The number of carbonyl (C=O) groups excluding carboxylic acids is 2. The number of β-amino-alcohol motifs (C(OH)–C–C–N with tert-alkyl or cyclic N) is 1. The maximum absolute atomic E-state index is 13.8. The first-order valence-electron chi connectivity index (χ1n) is 8.11. The Balaban J connectivity index is 2.21. The molecular weight excluding hydrogens is 318 g/mol. The molecule has 3 amide bonds. The summed E-state index contributed by atoms with van der Waals surface area (Å²) in [5, 5.41) is 12.9. The van der Waals surface area contributed by atoms with Crippen LogP contribution in [0.3, 0.4) is 0 Å². The third-order valence-electron chi connectivity index (χ3n) is 4.27. The van der Waals surface area contributed by atoms with Gasteiger partial charge in [0.2, 0.25) is 0 Å². The SMILES string of the molecule is CCCC1(CCC)NC(=O)N(CC(O)c2cc(F)ccc2F)C1=O. The van der Waals surface area contributed by atoms with Gasteiger partial charge in [-0.15, -0.1) is 0 Å². The van der Waals surface area contributed by atoms with E-state index in [0.717, 1.165) is 23.1 Å². The smallest absolute Gasteiger partial charge is 0.325 e. The Labute approximate surface area is 139 Å². The van der Waals surface area contributed by atoms with Gasteiger partial charge in [0.25, 0.3) is 5.91 Å². The first-order valence-corrected chi connectivity index (χ1v) is 8.11. The van der Waals surface area contributed by atoms with Crippen LogP contribution in [0.1, 0.15) is 51.2 Å². The lowest BCUT2D eigenvalue weighted by Crippen LogP contribution is -2.47. The van der Waals surface area contributed by atoms with Crippen molar-refractivity contribution in [1.29, 1.82) is 0 Å². The summed E-state index contributed by atoms with van der Waals surface area (Å²) in [6, 6.07) is 2.09. The number of rotatable bonds is 7. The van der Waals surface area contributed by atoms with Crippen LogP contribution in [0.15, 0.2) is 18.2 Å². The van der Waals surface area contributed by atoms with Gasteiger partial charge in [-0.25, -0.2) is 13.6 Å². The Hall–Kier alpha value is -2.02. The van der Waals surface area contributed by atoms with Crippen LogP contribution >= 0.6 is 0 Å². The lowest BCUT2D eigenvalue weighted by Gasteiger charge is -2.26. The zero-order chi connectivity index (χ0) is 17.9. The third-order valence-corrected chi connectivity index (χ3v) is 4.27. The first-order chi connectivity index (χ1) is 11.3. The molecule has 2 N–H and O–H groups in total. The second-order valence-corrected chi connectivity index (χ2v) is 6.11. The van der Waals surface area contributed by atoms with E-state index in [2.05, 4.69) is 5.32 Å². The van der Waals surface area contributed by atoms with Crippen LogP contribution in [0, 0.1) is 11.6 Å². The van der Waals surface area contributed by atoms with Crippen LogP contribution < -0.4 is 5.32 Å². The number of aliphatic hydroxyl groups is 1. The molecule has 0 saturated carbocycles. The molecule has 0 spiro atoms. The molecule has 1 fully saturated rings. The monoisotopic (exact) mass is 340 g/mol. The van der Waals surface area contributed by atoms with Crippen molar-refractivity contribution in [3.63, 3.8) is 0 Å². The van der Waals surface area contributed by atoms with E-state index >= 15 is 0 Å². The summed E-state index contributed by atoms with van der Waals surface area (Å²) < 4.78 is 27.0. The molecule has 0 aromatic heterocycles. The number of urea groups is 1. The van der Waals surface area contributed by atoms with Gasteiger partial charge in [0, 0.05) is 5.56 Å². The number of halogens is 2. The summed E-state index contributed by atoms with van der Waals surface area (Å²) >= 11 is 0. The summed E-state index contributed by atoms with van der Waals surface area (Å²) in [5.41, 5.74) is -1.25. The summed E-state index contributed by atoms with van der Waals surface area (Å²) in [6.07, 6.45) is 0.912. The lowest BCUT2D eigenvalue weighted by atomic mass is 9.88. The fourth-order valence-corrected chi connectivity index (χ4v) is 3.20. The van der Waals surface area contributed by atoms with Gasteiger partial charge >= 0.3 is 6.03 Å². The van der Waals surface area contributed by atoms with Gasteiger partial charge in [0.1, 0.15) is 23.3 Å². The fraction of sp³-hybridized carbons (Fsp3) is 0.529. The summed E-state index contributed by atoms with van der Waals surface area (Å²) in [7, 11) is 0. The highest BCUT2D eigenvalue weighted by molar-refractivity contribution is 6.07. The molecule has 24 heavy (non-hydrogen) atoms. The Morgan fingerprint density at radius 1 is 1.21 bits per heavy atom. The summed E-state index contributed by atoms with van der Waals surface area (Å²) in [6.45, 7) is 3.41. The third kappa shape index (κ3) is 3.40. The number of carbonyl (C=O) groups is 2. The molecule has 2 rings (SSSR count). The summed E-state index contributed by atoms with van der Waals surface area (Å²) in [5.74, 6) is -1.91. The Morgan fingerprint density at radius 2 is 1.83 bits per heavy atom. The van der Waals surface area contributed by atoms with Crippen molar-refractivity contribution in [1.82, 2.24) is 10.2 Å². The van der Waals surface area contributed by atoms with Gasteiger partial charge in [-0.1, -0.05) is 26.7 Å². The standard InChI is InChI=1S/C17H22F2N2O3/c1-3-7-17(8-4-2)15(23)21(16(24)20-17)10-14(22)12-9-11(18)5-6-13(12)19/h5-6,9,14,22H,3-4,7-8,10H2,1-2H3,(H,20,24). The highest BCUT2D eigenvalue weighted by Gasteiger charge is 2.50. The molecule has 1 atom stereocenters. The molecule has 0 bridgehead atoms. The number of aliphatic hydroxyl groups excluding tert-OH is 1. The molecule has 5 nitrogen and oxygen atoms in total. The van der Waals surface area contributed by atoms with Gasteiger partial charge < -0.3 is 10.4 Å². The largest absolute Gasteiger partial charge is 0.386 e. The molecule has 1 saturated heterocycles. The van der Waals surface area contributed by atoms with Crippen LogP contribution in [0.2, 0.25) is 0 Å². The van der Waals surface area contributed by atoms with Gasteiger partial charge in [-0.05, 0) is 31.0 Å². The van der Waals surface area contributed by atoms with E-state index in [1.54, 1.807) is 0 Å². The van der Waals surface area contributed by atoms with E-state index in [1.165, 1.54) is 0 Å². The number of hydrogen-bond acceptors (Lipinski definition) is 3. The Morgan fingerprint density at radius 3 is 2.42 bits per heavy atom. The first kappa shape index (κ1) is 18.3. The molecule has 1 heterocycles. The number of benzene rings is 1. The molecular formula is C17H22F2N2O3. The number of imide groups is 1. The average Bonchev–Trinajstić information content (AvgIpc) is 2.75. The minimum atomic E-state index is -1.49. The lowest BCUT2D eigenvalue weighted by molar-refractivity contribution is -0.132. The van der Waals surface area contributed by atoms with Gasteiger partial charge in [-0.3, -0.25) is 9.69 Å². The van der Waals surface area contributed by atoms with Crippen molar-refractivity contribution in [2.75, 3.05) is 6.54 Å². The minimum Gasteiger partial charge on any atom is -0.386 e. The van der Waals surface area contributed by atoms with Crippen molar-refractivity contribution < 1.29 is 23.5 Å². The van der Waals surface area contributed by atoms with E-state index in [0.29, 0.717) is 25.7 Å². The van der Waals surface area contributed by atoms with E-state index in [4.69, 9.17) is 0 Å². The van der Waals surface area contributed by atoms with Crippen molar-refractivity contribution in [2.45, 2.75) is 51.2 Å². The topological polar surface area (TPSA) is 69.6 Å². The van der Waals surface area contributed by atoms with Crippen LogP contribution in [-0.2, 0) is 4.79 Å². The highest BCUT2D eigenvalue weighted by Crippen LogP contribution is 2.30. The molecule has 1 aromatic rings. The Kier molecular flexibility index (Phi) is 5.54. The zero-order valence-electron chi connectivity index (χ0n) is 13.8. The molecule has 132 valence electrons. The maximum atomic E-state index is 13.8. The number of amides is 3. The minimum absolute atomic E-state index is 0.279. The van der Waals surface area contributed by atoms with E-state index in [-0.39, 0.29) is 5.56 Å². The van der Waals surface area contributed by atoms with Gasteiger partial charge in [0.05, 0.1) is 6.54 Å². The zero-order valence-corrected chi connectivity index (χ0v) is 13.8. The molecule has 7 heteroatoms. The summed E-state index contributed by atoms with van der Waals surface area (Å²) in [4.78, 5) is 25.8. The van der Waals surface area contributed by atoms with Crippen molar-refractivity contribution in [3.05, 3.63) is 35.4 Å². The predicted molar refractivity (Wildman–Crippen MR) is 84.1 cm³/mol. The number of nitrogens with zero attached hydrogens (tertiary/aromatic N) is 1.